The van der Waals surface area contributed by atoms with Gasteiger partial charge in [0.15, 0.2) is 5.65 Å². The van der Waals surface area contributed by atoms with Crippen LogP contribution in [0.15, 0.2) is 24.4 Å². The summed E-state index contributed by atoms with van der Waals surface area (Å²) >= 11 is 0. The Hall–Kier alpha value is -2.77. The van der Waals surface area contributed by atoms with E-state index >= 15 is 0 Å². The number of aromatic nitrogens is 3. The predicted molar refractivity (Wildman–Crippen MR) is 91.4 cm³/mol. The molecule has 5 nitrogen and oxygen atoms in total. The molecule has 136 valence electrons. The Morgan fingerprint density at radius 1 is 1.23 bits per heavy atom. The van der Waals surface area contributed by atoms with Gasteiger partial charge in [0, 0.05) is 11.6 Å². The first-order valence-corrected chi connectivity index (χ1v) is 8.16. The summed E-state index contributed by atoms with van der Waals surface area (Å²) in [7, 11) is 0. The van der Waals surface area contributed by atoms with E-state index < -0.39 is 11.6 Å². The Labute approximate surface area is 147 Å². The molecular weight excluding hydrogens is 345 g/mol. The maximum absolute atomic E-state index is 13.4. The van der Waals surface area contributed by atoms with Gasteiger partial charge in [0.25, 0.3) is 0 Å². The third-order valence-electron chi connectivity index (χ3n) is 5.14. The van der Waals surface area contributed by atoms with Gasteiger partial charge >= 0.3 is 6.18 Å². The normalized spacial score (nSPS) is 16.2. The number of fused-ring (bicyclic) bond motifs is 1. The Morgan fingerprint density at radius 2 is 1.92 bits per heavy atom. The van der Waals surface area contributed by atoms with Crippen molar-refractivity contribution in [3.05, 3.63) is 41.2 Å². The molecular formula is C18H17F3N4O. The number of benzene rings is 1. The van der Waals surface area contributed by atoms with E-state index in [-0.39, 0.29) is 24.3 Å². The Balaban J connectivity index is 1.93. The van der Waals surface area contributed by atoms with Gasteiger partial charge in [-0.3, -0.25) is 4.57 Å². The first kappa shape index (κ1) is 16.7. The fourth-order valence-electron chi connectivity index (χ4n) is 3.44. The Bertz CT molecular complexity index is 1040. The van der Waals surface area contributed by atoms with Gasteiger partial charge in [-0.05, 0) is 38.3 Å². The minimum atomic E-state index is -4.35. The molecule has 0 saturated heterocycles. The van der Waals surface area contributed by atoms with Crippen LogP contribution in [0.1, 0.15) is 29.7 Å². The molecule has 1 fully saturated rings. The van der Waals surface area contributed by atoms with Crippen molar-refractivity contribution in [2.24, 2.45) is 0 Å². The van der Waals surface area contributed by atoms with E-state index in [0.717, 1.165) is 5.56 Å². The van der Waals surface area contributed by atoms with Crippen LogP contribution < -0.4 is 5.73 Å². The smallest absolute Gasteiger partial charge is 0.400 e. The summed E-state index contributed by atoms with van der Waals surface area (Å²) in [6.07, 6.45) is -3.11. The van der Waals surface area contributed by atoms with E-state index in [1.807, 2.05) is 6.92 Å². The highest BCUT2D eigenvalue weighted by molar-refractivity contribution is 5.81. The van der Waals surface area contributed by atoms with E-state index in [1.165, 1.54) is 12.3 Å². The van der Waals surface area contributed by atoms with Gasteiger partial charge in [-0.15, -0.1) is 0 Å². The number of aromatic hydroxyl groups is 1. The van der Waals surface area contributed by atoms with Gasteiger partial charge in [-0.2, -0.15) is 13.2 Å². The number of halogens is 3. The Morgan fingerprint density at radius 3 is 2.54 bits per heavy atom. The maximum atomic E-state index is 13.4. The molecule has 0 unspecified atom stereocenters. The average molecular weight is 362 g/mol. The molecule has 2 heterocycles. The van der Waals surface area contributed by atoms with Gasteiger partial charge in [0.2, 0.25) is 0 Å². The molecule has 1 aliphatic rings. The highest BCUT2D eigenvalue weighted by Crippen LogP contribution is 2.58. The van der Waals surface area contributed by atoms with Gasteiger partial charge < -0.3 is 10.8 Å². The van der Waals surface area contributed by atoms with Crippen LogP contribution >= 0.6 is 0 Å². The monoisotopic (exact) mass is 362 g/mol. The second kappa shape index (κ2) is 5.12. The third-order valence-corrected chi connectivity index (χ3v) is 5.14. The number of anilines is 1. The molecule has 3 N–H and O–H groups in total. The summed E-state index contributed by atoms with van der Waals surface area (Å²) < 4.78 is 41.7. The van der Waals surface area contributed by atoms with Crippen LogP contribution in [-0.2, 0) is 5.41 Å². The maximum Gasteiger partial charge on any atom is 0.400 e. The lowest BCUT2D eigenvalue weighted by atomic mass is 10.0. The second-order valence-electron chi connectivity index (χ2n) is 6.82. The zero-order chi connectivity index (χ0) is 18.9. The molecule has 0 bridgehead atoms. The van der Waals surface area contributed by atoms with Crippen LogP contribution in [0.4, 0.5) is 19.0 Å². The number of aryl methyl sites for hydroxylation is 1. The minimum Gasteiger partial charge on any atom is -0.508 e. The minimum absolute atomic E-state index is 0.0254. The van der Waals surface area contributed by atoms with Crippen LogP contribution in [0, 0.1) is 13.8 Å². The van der Waals surface area contributed by atoms with E-state index in [1.54, 1.807) is 23.6 Å². The lowest BCUT2D eigenvalue weighted by Gasteiger charge is -2.18. The zero-order valence-electron chi connectivity index (χ0n) is 14.2. The summed E-state index contributed by atoms with van der Waals surface area (Å²) in [5, 5.41) is 10.0. The zero-order valence-corrected chi connectivity index (χ0v) is 14.2. The van der Waals surface area contributed by atoms with E-state index in [0.29, 0.717) is 28.2 Å². The van der Waals surface area contributed by atoms with Gasteiger partial charge in [0.1, 0.15) is 22.5 Å². The molecule has 1 aromatic carbocycles. The standard InChI is InChI=1S/C18H17F3N4O/c1-9-3-4-12(26)10(2)15(9)25-14(22)7-11-16(25)23-8-13(24-11)17(5-6-17)18(19,20)21/h3-4,7-8,26H,5-6,22H2,1-2H3. The van der Waals surface area contributed by atoms with Crippen LogP contribution in [0.25, 0.3) is 16.9 Å². The van der Waals surface area contributed by atoms with E-state index in [9.17, 15) is 18.3 Å². The molecule has 4 rings (SSSR count). The van der Waals surface area contributed by atoms with Crippen LogP contribution in [0.5, 0.6) is 5.75 Å². The first-order valence-electron chi connectivity index (χ1n) is 8.16. The van der Waals surface area contributed by atoms with Crippen molar-refractivity contribution >= 4 is 17.0 Å². The first-order chi connectivity index (χ1) is 12.2. The van der Waals surface area contributed by atoms with Crippen LogP contribution in [0.2, 0.25) is 0 Å². The fraction of sp³-hybridized carbons (Fsp3) is 0.333. The summed E-state index contributed by atoms with van der Waals surface area (Å²) in [4.78, 5) is 8.47. The van der Waals surface area contributed by atoms with Gasteiger partial charge in [0.05, 0.1) is 17.6 Å². The SMILES string of the molecule is Cc1ccc(O)c(C)c1-n1c(N)cc2nc(C3(C(F)(F)F)CC3)cnc21. The van der Waals surface area contributed by atoms with Crippen molar-refractivity contribution in [3.63, 3.8) is 0 Å². The highest BCUT2D eigenvalue weighted by atomic mass is 19.4. The summed E-state index contributed by atoms with van der Waals surface area (Å²) in [6.45, 7) is 3.60. The number of phenolic OH excluding ortho intramolecular Hbond substituents is 1. The molecule has 0 atom stereocenters. The van der Waals surface area contributed by atoms with Crippen LogP contribution in [0.3, 0.4) is 0 Å². The van der Waals surface area contributed by atoms with Crippen molar-refractivity contribution in [1.82, 2.24) is 14.5 Å². The fourth-order valence-corrected chi connectivity index (χ4v) is 3.44. The molecule has 2 aromatic heterocycles. The number of nitrogens with zero attached hydrogens (tertiary/aromatic N) is 3. The van der Waals surface area contributed by atoms with Crippen molar-refractivity contribution in [3.8, 4) is 11.4 Å². The summed E-state index contributed by atoms with van der Waals surface area (Å²) in [6, 6.07) is 4.84. The number of rotatable bonds is 2. The number of phenols is 1. The summed E-state index contributed by atoms with van der Waals surface area (Å²) in [5.74, 6) is 0.399. The number of nitrogens with two attached hydrogens (primary N) is 1. The lowest BCUT2D eigenvalue weighted by Crippen LogP contribution is -2.29. The number of hydrogen-bond donors (Lipinski definition) is 2. The molecule has 0 spiro atoms. The highest BCUT2D eigenvalue weighted by Gasteiger charge is 2.65. The molecule has 0 radical (unpaired) electrons. The van der Waals surface area contributed by atoms with Gasteiger partial charge in [-0.25, -0.2) is 9.97 Å². The quantitative estimate of drug-likeness (QED) is 0.724. The molecule has 3 aromatic rings. The lowest BCUT2D eigenvalue weighted by molar-refractivity contribution is -0.161. The predicted octanol–water partition coefficient (Wildman–Crippen LogP) is 3.92. The van der Waals surface area contributed by atoms with E-state index in [4.69, 9.17) is 5.73 Å². The molecule has 1 saturated carbocycles. The Kier molecular flexibility index (Phi) is 3.29. The molecule has 8 heteroatoms. The van der Waals surface area contributed by atoms with Crippen molar-refractivity contribution in [2.45, 2.75) is 38.3 Å². The topological polar surface area (TPSA) is 77.0 Å². The van der Waals surface area contributed by atoms with Crippen molar-refractivity contribution < 1.29 is 18.3 Å². The largest absolute Gasteiger partial charge is 0.508 e. The molecule has 1 aliphatic carbocycles. The summed E-state index contributed by atoms with van der Waals surface area (Å²) in [5.41, 5.74) is 6.93. The third kappa shape index (κ3) is 2.17. The van der Waals surface area contributed by atoms with E-state index in [2.05, 4.69) is 9.97 Å². The number of alkyl halides is 3. The second-order valence-corrected chi connectivity index (χ2v) is 6.82. The van der Waals surface area contributed by atoms with Crippen LogP contribution in [-0.4, -0.2) is 25.8 Å². The number of hydrogen-bond acceptors (Lipinski definition) is 4. The molecule has 0 amide bonds. The van der Waals surface area contributed by atoms with Crippen molar-refractivity contribution in [1.29, 1.82) is 0 Å². The van der Waals surface area contributed by atoms with Crippen molar-refractivity contribution in [2.75, 3.05) is 5.73 Å². The average Bonchev–Trinajstić information content (AvgIpc) is 3.32. The molecule has 26 heavy (non-hydrogen) atoms. The number of nitrogen functional groups attached to an aromatic ring is 1. The molecule has 0 aliphatic heterocycles. The van der Waals surface area contributed by atoms with Gasteiger partial charge in [-0.1, -0.05) is 6.07 Å².